The summed E-state index contributed by atoms with van der Waals surface area (Å²) in [4.78, 5) is 17.3. The molecule has 2 fully saturated rings. The minimum Gasteiger partial charge on any atom is -0.343 e. The fraction of sp³-hybridized carbons (Fsp3) is 0.400. The largest absolute Gasteiger partial charge is 0.343 e. The first-order valence-electron chi connectivity index (χ1n) is 8.75. The molecule has 4 heteroatoms. The van der Waals surface area contributed by atoms with E-state index in [1.807, 2.05) is 48.5 Å². The van der Waals surface area contributed by atoms with Crippen molar-refractivity contribution in [2.45, 2.75) is 25.3 Å². The van der Waals surface area contributed by atoms with E-state index in [4.69, 9.17) is 0 Å². The van der Waals surface area contributed by atoms with Crippen LogP contribution in [0.5, 0.6) is 0 Å². The van der Waals surface area contributed by atoms with Crippen LogP contribution in [0.1, 0.15) is 36.6 Å². The minimum atomic E-state index is -0.181. The molecule has 1 saturated heterocycles. The predicted molar refractivity (Wildman–Crippen MR) is 93.3 cm³/mol. The molecule has 2 atom stereocenters. The normalized spacial score (nSPS) is 22.8. The number of benzene rings is 1. The van der Waals surface area contributed by atoms with Gasteiger partial charge in [-0.2, -0.15) is 0 Å². The Balaban J connectivity index is 1.53. The molecule has 2 aliphatic rings. The van der Waals surface area contributed by atoms with Gasteiger partial charge in [-0.1, -0.05) is 36.4 Å². The number of carbonyl (C=O) groups excluding carboxylic acids is 1. The molecule has 4 nitrogen and oxygen atoms in total. The van der Waals surface area contributed by atoms with Crippen molar-refractivity contribution in [1.82, 2.24) is 15.6 Å². The van der Waals surface area contributed by atoms with E-state index in [9.17, 15) is 4.79 Å². The molecule has 1 spiro atoms. The van der Waals surface area contributed by atoms with Crippen LogP contribution >= 0.6 is 0 Å². The minimum absolute atomic E-state index is 0.162. The first-order chi connectivity index (χ1) is 11.8. The second-order valence-corrected chi connectivity index (χ2v) is 6.98. The number of nitrogens with zero attached hydrogens (tertiary/aromatic N) is 1. The smallest absolute Gasteiger partial charge is 0.224 e. The molecule has 1 aromatic carbocycles. The maximum absolute atomic E-state index is 12.9. The summed E-state index contributed by atoms with van der Waals surface area (Å²) in [5.74, 6) is 0.339. The summed E-state index contributed by atoms with van der Waals surface area (Å²) < 4.78 is 0. The van der Waals surface area contributed by atoms with Crippen LogP contribution < -0.4 is 10.6 Å². The van der Waals surface area contributed by atoms with E-state index in [0.717, 1.165) is 43.6 Å². The van der Waals surface area contributed by atoms with Gasteiger partial charge in [0.25, 0.3) is 0 Å². The van der Waals surface area contributed by atoms with Gasteiger partial charge < -0.3 is 10.6 Å². The number of nitrogens with one attached hydrogen (secondary N) is 2. The Bertz CT molecular complexity index is 656. The summed E-state index contributed by atoms with van der Waals surface area (Å²) >= 11 is 0. The zero-order valence-electron chi connectivity index (χ0n) is 13.7. The van der Waals surface area contributed by atoms with Gasteiger partial charge in [-0.05, 0) is 55.5 Å². The zero-order valence-corrected chi connectivity index (χ0v) is 13.7. The fourth-order valence-corrected chi connectivity index (χ4v) is 3.96. The Morgan fingerprint density at radius 3 is 2.58 bits per heavy atom. The van der Waals surface area contributed by atoms with Gasteiger partial charge in [0.15, 0.2) is 0 Å². The van der Waals surface area contributed by atoms with E-state index in [-0.39, 0.29) is 23.3 Å². The Labute approximate surface area is 142 Å². The monoisotopic (exact) mass is 321 g/mol. The summed E-state index contributed by atoms with van der Waals surface area (Å²) in [6.45, 7) is 2.07. The van der Waals surface area contributed by atoms with E-state index < -0.39 is 0 Å². The highest BCUT2D eigenvalue weighted by Gasteiger charge is 2.57. The van der Waals surface area contributed by atoms with Gasteiger partial charge in [-0.25, -0.2) is 0 Å². The Kier molecular flexibility index (Phi) is 4.07. The standard InChI is InChI=1S/C20H23N3O/c24-19(16-14-20(16)9-12-21-13-10-20)23-18(15-6-2-1-3-7-15)17-8-4-5-11-22-17/h1-8,11,16,18,21H,9-10,12-14H2,(H,23,24). The zero-order chi connectivity index (χ0) is 16.4. The van der Waals surface area contributed by atoms with Crippen molar-refractivity contribution in [3.05, 3.63) is 66.0 Å². The third kappa shape index (κ3) is 2.94. The average molecular weight is 321 g/mol. The first-order valence-corrected chi connectivity index (χ1v) is 8.75. The van der Waals surface area contributed by atoms with Gasteiger partial charge >= 0.3 is 0 Å². The molecule has 0 radical (unpaired) electrons. The number of hydrogen-bond acceptors (Lipinski definition) is 3. The van der Waals surface area contributed by atoms with E-state index in [1.165, 1.54) is 0 Å². The molecular formula is C20H23N3O. The Hall–Kier alpha value is -2.20. The van der Waals surface area contributed by atoms with Crippen molar-refractivity contribution in [2.24, 2.45) is 11.3 Å². The van der Waals surface area contributed by atoms with Gasteiger partial charge in [-0.15, -0.1) is 0 Å². The van der Waals surface area contributed by atoms with Crippen LogP contribution in [0.2, 0.25) is 0 Å². The van der Waals surface area contributed by atoms with Gasteiger partial charge in [0, 0.05) is 12.1 Å². The van der Waals surface area contributed by atoms with Gasteiger partial charge in [0.05, 0.1) is 11.7 Å². The second kappa shape index (κ2) is 6.36. The summed E-state index contributed by atoms with van der Waals surface area (Å²) in [6, 6.07) is 15.8. The fourth-order valence-electron chi connectivity index (χ4n) is 3.96. The lowest BCUT2D eigenvalue weighted by molar-refractivity contribution is -0.123. The number of piperidine rings is 1. The number of amides is 1. The highest BCUT2D eigenvalue weighted by molar-refractivity contribution is 5.83. The maximum atomic E-state index is 12.9. The van der Waals surface area contributed by atoms with Crippen LogP contribution in [-0.4, -0.2) is 24.0 Å². The highest BCUT2D eigenvalue weighted by atomic mass is 16.2. The van der Waals surface area contributed by atoms with Crippen molar-refractivity contribution in [2.75, 3.05) is 13.1 Å². The summed E-state index contributed by atoms with van der Waals surface area (Å²) in [6.07, 6.45) is 5.04. The molecule has 1 saturated carbocycles. The molecule has 1 aliphatic carbocycles. The average Bonchev–Trinajstić information content (AvgIpc) is 3.34. The molecule has 1 amide bonds. The Morgan fingerprint density at radius 1 is 1.12 bits per heavy atom. The lowest BCUT2D eigenvalue weighted by Gasteiger charge is -2.24. The summed E-state index contributed by atoms with van der Waals surface area (Å²) in [7, 11) is 0. The molecule has 2 aromatic rings. The van der Waals surface area contributed by atoms with E-state index in [0.29, 0.717) is 0 Å². The third-order valence-electron chi connectivity index (χ3n) is 5.51. The number of hydrogen-bond donors (Lipinski definition) is 2. The maximum Gasteiger partial charge on any atom is 0.224 e. The van der Waals surface area contributed by atoms with Gasteiger partial charge in [-0.3, -0.25) is 9.78 Å². The van der Waals surface area contributed by atoms with E-state index in [1.54, 1.807) is 6.20 Å². The number of rotatable bonds is 4. The van der Waals surface area contributed by atoms with Crippen LogP contribution in [0.3, 0.4) is 0 Å². The molecule has 1 aromatic heterocycles. The van der Waals surface area contributed by atoms with E-state index in [2.05, 4.69) is 15.6 Å². The summed E-state index contributed by atoms with van der Waals surface area (Å²) in [5, 5.41) is 6.65. The Morgan fingerprint density at radius 2 is 1.88 bits per heavy atom. The van der Waals surface area contributed by atoms with E-state index >= 15 is 0 Å². The van der Waals surface area contributed by atoms with Gasteiger partial charge in [0.2, 0.25) is 5.91 Å². The number of aromatic nitrogens is 1. The third-order valence-corrected chi connectivity index (χ3v) is 5.51. The van der Waals surface area contributed by atoms with Crippen LogP contribution in [-0.2, 0) is 4.79 Å². The van der Waals surface area contributed by atoms with Gasteiger partial charge in [0.1, 0.15) is 0 Å². The van der Waals surface area contributed by atoms with Crippen molar-refractivity contribution in [1.29, 1.82) is 0 Å². The summed E-state index contributed by atoms with van der Waals surface area (Å²) in [5.41, 5.74) is 2.21. The van der Waals surface area contributed by atoms with Crippen molar-refractivity contribution in [3.63, 3.8) is 0 Å². The van der Waals surface area contributed by atoms with Crippen LogP contribution in [0.25, 0.3) is 0 Å². The molecule has 2 unspecified atom stereocenters. The van der Waals surface area contributed by atoms with Crippen LogP contribution in [0.4, 0.5) is 0 Å². The van der Waals surface area contributed by atoms with Crippen molar-refractivity contribution in [3.8, 4) is 0 Å². The molecular weight excluding hydrogens is 298 g/mol. The first kappa shape index (κ1) is 15.3. The predicted octanol–water partition coefficient (Wildman–Crippen LogP) is 2.68. The van der Waals surface area contributed by atoms with Crippen molar-refractivity contribution >= 4 is 5.91 Å². The van der Waals surface area contributed by atoms with Crippen molar-refractivity contribution < 1.29 is 4.79 Å². The molecule has 124 valence electrons. The SMILES string of the molecule is O=C(NC(c1ccccc1)c1ccccn1)C1CC12CCNCC2. The lowest BCUT2D eigenvalue weighted by atomic mass is 9.91. The molecule has 1 aliphatic heterocycles. The molecule has 2 heterocycles. The van der Waals surface area contributed by atoms with Crippen LogP contribution in [0, 0.1) is 11.3 Å². The molecule has 0 bridgehead atoms. The lowest BCUT2D eigenvalue weighted by Crippen LogP contribution is -2.35. The molecule has 4 rings (SSSR count). The number of pyridine rings is 1. The number of carbonyl (C=O) groups is 1. The second-order valence-electron chi connectivity index (χ2n) is 6.98. The van der Waals surface area contributed by atoms with Crippen LogP contribution in [0.15, 0.2) is 54.7 Å². The molecule has 2 N–H and O–H groups in total. The quantitative estimate of drug-likeness (QED) is 0.910. The molecule has 24 heavy (non-hydrogen) atoms. The topological polar surface area (TPSA) is 54.0 Å². The highest BCUT2D eigenvalue weighted by Crippen LogP contribution is 2.58.